The molecule has 1 amide bonds. The van der Waals surface area contributed by atoms with Crippen molar-refractivity contribution in [3.63, 3.8) is 0 Å². The number of carbonyl (C=O) groups is 3. The first-order valence-electron chi connectivity index (χ1n) is 9.73. The summed E-state index contributed by atoms with van der Waals surface area (Å²) in [5, 5.41) is 24.1. The molecule has 1 atom stereocenters. The number of fused-ring (bicyclic) bond motifs is 1. The van der Waals surface area contributed by atoms with Crippen LogP contribution in [0.5, 0.6) is 0 Å². The smallest absolute Gasteiger partial charge is 0.326 e. The van der Waals surface area contributed by atoms with Crippen LogP contribution >= 0.6 is 0 Å². The number of anilines is 3. The number of aromatic nitrogens is 3. The average Bonchev–Trinajstić information content (AvgIpc) is 3.14. The van der Waals surface area contributed by atoms with Crippen molar-refractivity contribution in [2.75, 3.05) is 23.3 Å². The van der Waals surface area contributed by atoms with Gasteiger partial charge in [0.2, 0.25) is 5.95 Å². The van der Waals surface area contributed by atoms with Gasteiger partial charge in [-0.3, -0.25) is 9.59 Å². The molecule has 0 aliphatic rings. The summed E-state index contributed by atoms with van der Waals surface area (Å²) >= 11 is 0. The molecule has 0 bridgehead atoms. The molecule has 32 heavy (non-hydrogen) atoms. The summed E-state index contributed by atoms with van der Waals surface area (Å²) in [5.74, 6) is -2.61. The molecule has 1 aromatic carbocycles. The normalized spacial score (nSPS) is 11.8. The minimum absolute atomic E-state index is 0.0993. The third kappa shape index (κ3) is 5.41. The van der Waals surface area contributed by atoms with Crippen molar-refractivity contribution < 1.29 is 24.6 Å². The van der Waals surface area contributed by atoms with Crippen molar-refractivity contribution in [1.29, 1.82) is 0 Å². The summed E-state index contributed by atoms with van der Waals surface area (Å²) in [5.41, 5.74) is 14.1. The lowest BCUT2D eigenvalue weighted by atomic mass is 10.1. The number of nitrogens with zero attached hydrogens (tertiary/aromatic N) is 2. The molecule has 2 heterocycles. The third-order valence-electron chi connectivity index (χ3n) is 4.78. The Hall–Kier alpha value is -4.35. The fourth-order valence-electron chi connectivity index (χ4n) is 3.19. The van der Waals surface area contributed by atoms with E-state index in [1.54, 1.807) is 30.5 Å². The zero-order valence-electron chi connectivity index (χ0n) is 17.0. The van der Waals surface area contributed by atoms with E-state index in [9.17, 15) is 14.4 Å². The standard InChI is InChI=1S/C20H23N7O5/c21-16-15-11(9-24-17(15)27-20(22)26-16)7-8-23-12-3-1-10(2-4-12)18(30)25-13(19(31)32)5-6-14(28)29/h1-4,9,13,23H,5-8H2,(H,25,30)(H,28,29)(H,31,32)(H5,21,22,24,26,27)/t13-/m0/s1. The van der Waals surface area contributed by atoms with E-state index in [-0.39, 0.29) is 24.4 Å². The third-order valence-corrected chi connectivity index (χ3v) is 4.78. The van der Waals surface area contributed by atoms with Crippen molar-refractivity contribution in [2.45, 2.75) is 25.3 Å². The van der Waals surface area contributed by atoms with E-state index in [2.05, 4.69) is 25.6 Å². The number of hydrogen-bond donors (Lipinski definition) is 7. The first kappa shape index (κ1) is 22.3. The van der Waals surface area contributed by atoms with E-state index in [4.69, 9.17) is 21.7 Å². The van der Waals surface area contributed by atoms with Gasteiger partial charge in [-0.25, -0.2) is 4.79 Å². The number of amides is 1. The number of benzene rings is 1. The molecule has 0 aliphatic heterocycles. The molecule has 12 heteroatoms. The second kappa shape index (κ2) is 9.64. The van der Waals surface area contributed by atoms with Gasteiger partial charge < -0.3 is 37.3 Å². The molecular weight excluding hydrogens is 418 g/mol. The molecule has 0 unspecified atom stereocenters. The molecule has 0 fully saturated rings. The largest absolute Gasteiger partial charge is 0.481 e. The van der Waals surface area contributed by atoms with Crippen LogP contribution in [0.4, 0.5) is 17.5 Å². The second-order valence-electron chi connectivity index (χ2n) is 7.06. The van der Waals surface area contributed by atoms with Crippen LogP contribution in [-0.4, -0.2) is 55.6 Å². The van der Waals surface area contributed by atoms with Gasteiger partial charge in [-0.1, -0.05) is 0 Å². The Morgan fingerprint density at radius 3 is 2.47 bits per heavy atom. The van der Waals surface area contributed by atoms with Gasteiger partial charge in [0.25, 0.3) is 5.91 Å². The summed E-state index contributed by atoms with van der Waals surface area (Å²) in [7, 11) is 0. The second-order valence-corrected chi connectivity index (χ2v) is 7.06. The molecule has 9 N–H and O–H groups in total. The molecule has 0 radical (unpaired) electrons. The van der Waals surface area contributed by atoms with E-state index >= 15 is 0 Å². The number of H-pyrrole nitrogens is 1. The molecule has 0 saturated carbocycles. The average molecular weight is 441 g/mol. The highest BCUT2D eigenvalue weighted by Gasteiger charge is 2.21. The molecule has 3 rings (SSSR count). The number of nitrogens with one attached hydrogen (secondary N) is 3. The van der Waals surface area contributed by atoms with Crippen LogP contribution in [0.25, 0.3) is 11.0 Å². The zero-order valence-corrected chi connectivity index (χ0v) is 17.0. The van der Waals surface area contributed by atoms with Gasteiger partial charge in [0.1, 0.15) is 17.5 Å². The number of nitrogen functional groups attached to an aromatic ring is 2. The van der Waals surface area contributed by atoms with Crippen LogP contribution in [-0.2, 0) is 16.0 Å². The lowest BCUT2D eigenvalue weighted by Crippen LogP contribution is -2.41. The van der Waals surface area contributed by atoms with Crippen LogP contribution in [0.15, 0.2) is 30.5 Å². The van der Waals surface area contributed by atoms with Gasteiger partial charge in [0.05, 0.1) is 5.39 Å². The van der Waals surface area contributed by atoms with E-state index in [0.717, 1.165) is 16.6 Å². The maximum absolute atomic E-state index is 12.3. The summed E-state index contributed by atoms with van der Waals surface area (Å²) in [6.45, 7) is 0.568. The Morgan fingerprint density at radius 1 is 1.09 bits per heavy atom. The fraction of sp³-hybridized carbons (Fsp3) is 0.250. The minimum Gasteiger partial charge on any atom is -0.481 e. The monoisotopic (exact) mass is 441 g/mol. The number of aromatic amines is 1. The van der Waals surface area contributed by atoms with E-state index in [1.807, 2.05) is 0 Å². The van der Waals surface area contributed by atoms with Crippen LogP contribution in [0.2, 0.25) is 0 Å². The highest BCUT2D eigenvalue weighted by molar-refractivity contribution is 5.97. The Kier molecular flexibility index (Phi) is 6.73. The molecule has 0 saturated heterocycles. The summed E-state index contributed by atoms with van der Waals surface area (Å²) in [6, 6.07) is 5.20. The molecule has 12 nitrogen and oxygen atoms in total. The molecule has 3 aromatic rings. The SMILES string of the molecule is Nc1nc(N)c2c(CCNc3ccc(C(=O)N[C@@H](CCC(=O)O)C(=O)O)cc3)c[nH]c2n1. The van der Waals surface area contributed by atoms with Crippen LogP contribution in [0, 0.1) is 0 Å². The summed E-state index contributed by atoms with van der Waals surface area (Å²) in [6.07, 6.45) is 1.87. The first-order valence-corrected chi connectivity index (χ1v) is 9.73. The van der Waals surface area contributed by atoms with Gasteiger partial charge in [0.15, 0.2) is 0 Å². The Labute approximate surface area is 182 Å². The number of hydrogen-bond acceptors (Lipinski definition) is 8. The highest BCUT2D eigenvalue weighted by atomic mass is 16.4. The highest BCUT2D eigenvalue weighted by Crippen LogP contribution is 2.23. The summed E-state index contributed by atoms with van der Waals surface area (Å²) < 4.78 is 0. The van der Waals surface area contributed by atoms with Gasteiger partial charge in [-0.05, 0) is 42.7 Å². The Morgan fingerprint density at radius 2 is 1.81 bits per heavy atom. The first-order chi connectivity index (χ1) is 15.2. The number of carboxylic acid groups (broad SMARTS) is 2. The zero-order chi connectivity index (χ0) is 23.3. The van der Waals surface area contributed by atoms with Crippen LogP contribution in [0.1, 0.15) is 28.8 Å². The number of aliphatic carboxylic acids is 2. The van der Waals surface area contributed by atoms with E-state index < -0.39 is 23.9 Å². The maximum atomic E-state index is 12.3. The maximum Gasteiger partial charge on any atom is 0.326 e. The Balaban J connectivity index is 1.56. The number of carboxylic acids is 2. The molecule has 2 aromatic heterocycles. The van der Waals surface area contributed by atoms with Gasteiger partial charge in [-0.2, -0.15) is 9.97 Å². The minimum atomic E-state index is -1.29. The number of carbonyl (C=O) groups excluding carboxylic acids is 1. The van der Waals surface area contributed by atoms with Crippen molar-refractivity contribution in [3.8, 4) is 0 Å². The van der Waals surface area contributed by atoms with Crippen molar-refractivity contribution >= 4 is 46.3 Å². The van der Waals surface area contributed by atoms with Crippen molar-refractivity contribution in [3.05, 3.63) is 41.6 Å². The lowest BCUT2D eigenvalue weighted by Gasteiger charge is -2.14. The fourth-order valence-corrected chi connectivity index (χ4v) is 3.19. The van der Waals surface area contributed by atoms with Gasteiger partial charge in [-0.15, -0.1) is 0 Å². The van der Waals surface area contributed by atoms with E-state index in [1.165, 1.54) is 0 Å². The number of rotatable bonds is 10. The molecule has 0 spiro atoms. The van der Waals surface area contributed by atoms with E-state index in [0.29, 0.717) is 24.4 Å². The predicted octanol–water partition coefficient (Wildman–Crippen LogP) is 0.825. The van der Waals surface area contributed by atoms with Gasteiger partial charge >= 0.3 is 11.9 Å². The Bertz CT molecular complexity index is 1140. The molecule has 0 aliphatic carbocycles. The van der Waals surface area contributed by atoms with Crippen LogP contribution < -0.4 is 22.1 Å². The number of nitrogens with two attached hydrogens (primary N) is 2. The van der Waals surface area contributed by atoms with Crippen molar-refractivity contribution in [1.82, 2.24) is 20.3 Å². The summed E-state index contributed by atoms with van der Waals surface area (Å²) in [4.78, 5) is 45.3. The molecular formula is C20H23N7O5. The predicted molar refractivity (Wildman–Crippen MR) is 117 cm³/mol. The topological polar surface area (TPSA) is 209 Å². The van der Waals surface area contributed by atoms with Crippen molar-refractivity contribution in [2.24, 2.45) is 0 Å². The van der Waals surface area contributed by atoms with Gasteiger partial charge in [0, 0.05) is 30.4 Å². The lowest BCUT2D eigenvalue weighted by molar-refractivity contribution is -0.140. The molecule has 168 valence electrons. The van der Waals surface area contributed by atoms with Crippen LogP contribution in [0.3, 0.4) is 0 Å². The quantitative estimate of drug-likeness (QED) is 0.235.